The molecule has 0 atom stereocenters. The van der Waals surface area contributed by atoms with E-state index in [2.05, 4.69) is 4.90 Å². The summed E-state index contributed by atoms with van der Waals surface area (Å²) in [7, 11) is 1.50. The fourth-order valence-electron chi connectivity index (χ4n) is 2.77. The van der Waals surface area contributed by atoms with Gasteiger partial charge < -0.3 is 14.7 Å². The summed E-state index contributed by atoms with van der Waals surface area (Å²) in [6.45, 7) is 3.53. The number of aromatic carboxylic acids is 1. The summed E-state index contributed by atoms with van der Waals surface area (Å²) in [5, 5.41) is 9.16. The Labute approximate surface area is 120 Å². The Morgan fingerprint density at radius 3 is 2.70 bits per heavy atom. The Kier molecular flexibility index (Phi) is 5.41. The molecule has 1 aromatic carbocycles. The monoisotopic (exact) mass is 277 g/mol. The minimum Gasteiger partial charge on any atom is -0.496 e. The molecule has 2 rings (SSSR count). The average molecular weight is 277 g/mol. The number of benzene rings is 1. The summed E-state index contributed by atoms with van der Waals surface area (Å²) >= 11 is 0. The number of carboxylic acids is 1. The first kappa shape index (κ1) is 14.9. The van der Waals surface area contributed by atoms with Gasteiger partial charge in [0.2, 0.25) is 0 Å². The van der Waals surface area contributed by atoms with Crippen molar-refractivity contribution in [3.8, 4) is 5.75 Å². The van der Waals surface area contributed by atoms with Crippen LogP contribution in [0.4, 0.5) is 0 Å². The van der Waals surface area contributed by atoms with Gasteiger partial charge in [-0.1, -0.05) is 12.5 Å². The second-order valence-electron chi connectivity index (χ2n) is 5.35. The third kappa shape index (κ3) is 3.97. The van der Waals surface area contributed by atoms with E-state index in [4.69, 9.17) is 9.84 Å². The zero-order chi connectivity index (χ0) is 14.4. The SMILES string of the molecule is COc1ccc(CCCN2CCCCC2)cc1C(=O)O. The van der Waals surface area contributed by atoms with E-state index in [9.17, 15) is 4.79 Å². The largest absolute Gasteiger partial charge is 0.496 e. The Morgan fingerprint density at radius 1 is 1.30 bits per heavy atom. The van der Waals surface area contributed by atoms with Crippen LogP contribution >= 0.6 is 0 Å². The van der Waals surface area contributed by atoms with Crippen molar-refractivity contribution in [2.24, 2.45) is 0 Å². The third-order valence-corrected chi connectivity index (χ3v) is 3.88. The number of carbonyl (C=O) groups is 1. The Balaban J connectivity index is 1.89. The number of aryl methyl sites for hydroxylation is 1. The minimum absolute atomic E-state index is 0.253. The lowest BCUT2D eigenvalue weighted by molar-refractivity contribution is 0.0693. The highest BCUT2D eigenvalue weighted by Crippen LogP contribution is 2.21. The van der Waals surface area contributed by atoms with Crippen LogP contribution in [0.1, 0.15) is 41.6 Å². The molecular formula is C16H23NO3. The first-order chi connectivity index (χ1) is 9.70. The van der Waals surface area contributed by atoms with Gasteiger partial charge in [-0.2, -0.15) is 0 Å². The lowest BCUT2D eigenvalue weighted by atomic mass is 10.0. The van der Waals surface area contributed by atoms with E-state index in [1.807, 2.05) is 6.07 Å². The van der Waals surface area contributed by atoms with Crippen molar-refractivity contribution in [3.63, 3.8) is 0 Å². The summed E-state index contributed by atoms with van der Waals surface area (Å²) in [4.78, 5) is 13.7. The first-order valence-electron chi connectivity index (χ1n) is 7.33. The van der Waals surface area contributed by atoms with E-state index < -0.39 is 5.97 Å². The summed E-state index contributed by atoms with van der Waals surface area (Å²) in [5.41, 5.74) is 1.32. The van der Waals surface area contributed by atoms with Crippen LogP contribution in [-0.4, -0.2) is 42.7 Å². The second kappa shape index (κ2) is 7.29. The molecule has 0 unspecified atom stereocenters. The van der Waals surface area contributed by atoms with E-state index in [1.54, 1.807) is 12.1 Å². The maximum atomic E-state index is 11.2. The fraction of sp³-hybridized carbons (Fsp3) is 0.562. The van der Waals surface area contributed by atoms with Crippen molar-refractivity contribution in [3.05, 3.63) is 29.3 Å². The molecule has 1 saturated heterocycles. The highest BCUT2D eigenvalue weighted by Gasteiger charge is 2.12. The number of hydrogen-bond donors (Lipinski definition) is 1. The number of nitrogens with zero attached hydrogens (tertiary/aromatic N) is 1. The van der Waals surface area contributed by atoms with Crippen molar-refractivity contribution in [2.75, 3.05) is 26.7 Å². The van der Waals surface area contributed by atoms with Crippen LogP contribution in [0.5, 0.6) is 5.75 Å². The van der Waals surface area contributed by atoms with Crippen LogP contribution in [-0.2, 0) is 6.42 Å². The summed E-state index contributed by atoms with van der Waals surface area (Å²) in [6, 6.07) is 5.44. The molecule has 0 aromatic heterocycles. The van der Waals surface area contributed by atoms with Crippen LogP contribution < -0.4 is 4.74 Å². The molecular weight excluding hydrogens is 254 g/mol. The summed E-state index contributed by atoms with van der Waals surface area (Å²) < 4.78 is 5.07. The van der Waals surface area contributed by atoms with Crippen molar-refractivity contribution >= 4 is 5.97 Å². The maximum absolute atomic E-state index is 11.2. The molecule has 110 valence electrons. The normalized spacial score (nSPS) is 16.1. The van der Waals surface area contributed by atoms with Crippen molar-refractivity contribution in [1.29, 1.82) is 0 Å². The van der Waals surface area contributed by atoms with Crippen LogP contribution in [0.3, 0.4) is 0 Å². The van der Waals surface area contributed by atoms with Gasteiger partial charge in [0.05, 0.1) is 7.11 Å². The Hall–Kier alpha value is -1.55. The minimum atomic E-state index is -0.931. The molecule has 4 nitrogen and oxygen atoms in total. The number of likely N-dealkylation sites (tertiary alicyclic amines) is 1. The standard InChI is InChI=1S/C16H23NO3/c1-20-15-8-7-13(12-14(15)16(18)19)6-5-11-17-9-3-2-4-10-17/h7-8,12H,2-6,9-11H2,1H3,(H,18,19). The van der Waals surface area contributed by atoms with Gasteiger partial charge in [0.1, 0.15) is 11.3 Å². The molecule has 20 heavy (non-hydrogen) atoms. The van der Waals surface area contributed by atoms with Gasteiger partial charge >= 0.3 is 5.97 Å². The summed E-state index contributed by atoms with van der Waals surface area (Å²) in [5.74, 6) is -0.503. The molecule has 0 bridgehead atoms. The molecule has 0 aliphatic carbocycles. The van der Waals surface area contributed by atoms with Crippen LogP contribution in [0.25, 0.3) is 0 Å². The van der Waals surface area contributed by atoms with E-state index in [1.165, 1.54) is 39.5 Å². The fourth-order valence-corrected chi connectivity index (χ4v) is 2.77. The highest BCUT2D eigenvalue weighted by molar-refractivity contribution is 5.91. The average Bonchev–Trinajstić information content (AvgIpc) is 2.48. The van der Waals surface area contributed by atoms with Crippen LogP contribution in [0.2, 0.25) is 0 Å². The lowest BCUT2D eigenvalue weighted by Crippen LogP contribution is -2.30. The molecule has 0 saturated carbocycles. The van der Waals surface area contributed by atoms with Crippen LogP contribution in [0, 0.1) is 0 Å². The van der Waals surface area contributed by atoms with E-state index in [0.29, 0.717) is 5.75 Å². The number of methoxy groups -OCH3 is 1. The Morgan fingerprint density at radius 2 is 2.05 bits per heavy atom. The van der Waals surface area contributed by atoms with E-state index >= 15 is 0 Å². The molecule has 1 aliphatic rings. The van der Waals surface area contributed by atoms with Gasteiger partial charge in [-0.3, -0.25) is 0 Å². The molecule has 4 heteroatoms. The van der Waals surface area contributed by atoms with Gasteiger partial charge in [0, 0.05) is 0 Å². The van der Waals surface area contributed by atoms with E-state index in [0.717, 1.165) is 24.9 Å². The maximum Gasteiger partial charge on any atom is 0.339 e. The highest BCUT2D eigenvalue weighted by atomic mass is 16.5. The smallest absolute Gasteiger partial charge is 0.339 e. The molecule has 1 heterocycles. The molecule has 1 fully saturated rings. The topological polar surface area (TPSA) is 49.8 Å². The lowest BCUT2D eigenvalue weighted by Gasteiger charge is -2.26. The quantitative estimate of drug-likeness (QED) is 0.868. The number of hydrogen-bond acceptors (Lipinski definition) is 3. The first-order valence-corrected chi connectivity index (χ1v) is 7.33. The number of carboxylic acid groups (broad SMARTS) is 1. The van der Waals surface area contributed by atoms with Crippen LogP contribution in [0.15, 0.2) is 18.2 Å². The zero-order valence-electron chi connectivity index (χ0n) is 12.1. The molecule has 0 spiro atoms. The molecule has 1 N–H and O–H groups in total. The Bertz CT molecular complexity index is 453. The molecule has 1 aromatic rings. The molecule has 0 radical (unpaired) electrons. The molecule has 0 amide bonds. The van der Waals surface area contributed by atoms with Crippen molar-refractivity contribution in [1.82, 2.24) is 4.90 Å². The van der Waals surface area contributed by atoms with Crippen molar-refractivity contribution < 1.29 is 14.6 Å². The second-order valence-corrected chi connectivity index (χ2v) is 5.35. The van der Waals surface area contributed by atoms with Gasteiger partial charge in [0.15, 0.2) is 0 Å². The number of ether oxygens (including phenoxy) is 1. The van der Waals surface area contributed by atoms with Gasteiger partial charge in [-0.25, -0.2) is 4.79 Å². The summed E-state index contributed by atoms with van der Waals surface area (Å²) in [6.07, 6.45) is 5.97. The van der Waals surface area contributed by atoms with Gasteiger partial charge in [-0.15, -0.1) is 0 Å². The van der Waals surface area contributed by atoms with Crippen molar-refractivity contribution in [2.45, 2.75) is 32.1 Å². The predicted octanol–water partition coefficient (Wildman–Crippen LogP) is 2.81. The van der Waals surface area contributed by atoms with Gasteiger partial charge in [-0.05, 0) is 63.0 Å². The number of rotatable bonds is 6. The molecule has 1 aliphatic heterocycles. The zero-order valence-corrected chi connectivity index (χ0v) is 12.1. The van der Waals surface area contributed by atoms with E-state index in [-0.39, 0.29) is 5.56 Å². The predicted molar refractivity (Wildman–Crippen MR) is 78.6 cm³/mol. The third-order valence-electron chi connectivity index (χ3n) is 3.88. The van der Waals surface area contributed by atoms with Gasteiger partial charge in [0.25, 0.3) is 0 Å². The number of piperidine rings is 1.